The molecule has 1 N–H and O–H groups in total. The number of β-amino-alcohol motifs (C(OH)–C–C–N with tert-alkyl or cyclic N) is 1. The van der Waals surface area contributed by atoms with Gasteiger partial charge in [0.25, 0.3) is 0 Å². The monoisotopic (exact) mass is 447 g/mol. The Bertz CT molecular complexity index is 1080. The molecule has 1 aromatic carbocycles. The van der Waals surface area contributed by atoms with Gasteiger partial charge in [0.1, 0.15) is 6.61 Å². The molecule has 4 atom stereocenters. The highest BCUT2D eigenvalue weighted by Gasteiger charge is 2.35. The van der Waals surface area contributed by atoms with Crippen molar-refractivity contribution in [2.24, 2.45) is 22.2 Å². The van der Waals surface area contributed by atoms with Gasteiger partial charge in [-0.1, -0.05) is 32.9 Å². The highest BCUT2D eigenvalue weighted by Crippen LogP contribution is 2.34. The zero-order valence-corrected chi connectivity index (χ0v) is 20.0. The topological polar surface area (TPSA) is 85.9 Å². The van der Waals surface area contributed by atoms with Crippen LogP contribution in [0.2, 0.25) is 0 Å². The second-order valence-electron chi connectivity index (χ2n) is 10.1. The lowest BCUT2D eigenvalue weighted by Gasteiger charge is -2.26. The largest absolute Gasteiger partial charge is 0.457 e. The van der Waals surface area contributed by atoms with E-state index >= 15 is 0 Å². The van der Waals surface area contributed by atoms with Gasteiger partial charge in [-0.3, -0.25) is 9.89 Å². The van der Waals surface area contributed by atoms with Crippen LogP contribution in [0.15, 0.2) is 40.9 Å². The van der Waals surface area contributed by atoms with Gasteiger partial charge in [0.05, 0.1) is 17.7 Å². The first-order chi connectivity index (χ1) is 15.7. The van der Waals surface area contributed by atoms with E-state index in [0.717, 1.165) is 48.5 Å². The van der Waals surface area contributed by atoms with Gasteiger partial charge < -0.3 is 9.84 Å². The van der Waals surface area contributed by atoms with Crippen LogP contribution in [0.25, 0.3) is 0 Å². The predicted molar refractivity (Wildman–Crippen MR) is 128 cm³/mol. The number of carbonyl (C=O) groups excluding carboxylic acids is 1. The molecule has 6 heteroatoms. The number of allylic oxidation sites excluding steroid dienone is 4. The Morgan fingerprint density at radius 1 is 1.36 bits per heavy atom. The summed E-state index contributed by atoms with van der Waals surface area (Å²) in [5.74, 6) is 0.263. The first kappa shape index (κ1) is 23.4. The van der Waals surface area contributed by atoms with E-state index in [1.807, 2.05) is 31.2 Å². The summed E-state index contributed by atoms with van der Waals surface area (Å²) < 4.78 is 5.14. The number of likely N-dealkylation sites (tertiary alicyclic amines) is 1. The van der Waals surface area contributed by atoms with Gasteiger partial charge in [-0.2, -0.15) is 5.26 Å². The molecular formula is C27H33N3O3. The number of ether oxygens (including phenoxy) is 1. The highest BCUT2D eigenvalue weighted by molar-refractivity contribution is 5.98. The molecule has 2 heterocycles. The van der Waals surface area contributed by atoms with Gasteiger partial charge in [-0.05, 0) is 55.2 Å². The molecule has 3 aliphatic rings. The number of aliphatic hydroxyl groups is 1. The number of nitrogens with zero attached hydrogens (tertiary/aromatic N) is 3. The number of hydrogen-bond acceptors (Lipinski definition) is 6. The maximum absolute atomic E-state index is 11.8. The number of nitriles is 1. The number of aliphatic imine (C=N–C) groups is 1. The number of rotatable bonds is 5. The average Bonchev–Trinajstić information content (AvgIpc) is 3.31. The Hall–Kier alpha value is -2.75. The van der Waals surface area contributed by atoms with E-state index in [9.17, 15) is 15.2 Å². The minimum atomic E-state index is -0.610. The second-order valence-corrected chi connectivity index (χ2v) is 10.1. The molecule has 6 nitrogen and oxygen atoms in total. The van der Waals surface area contributed by atoms with Crippen LogP contribution in [-0.2, 0) is 11.3 Å². The zero-order valence-electron chi connectivity index (χ0n) is 20.0. The van der Waals surface area contributed by atoms with Crippen molar-refractivity contribution in [1.29, 1.82) is 5.26 Å². The molecule has 0 amide bonds. The third-order valence-corrected chi connectivity index (χ3v) is 7.54. The van der Waals surface area contributed by atoms with Crippen LogP contribution in [0.5, 0.6) is 0 Å². The van der Waals surface area contributed by atoms with E-state index in [0.29, 0.717) is 24.3 Å². The number of esters is 1. The molecule has 1 aliphatic carbocycles. The fraction of sp³-hybridized carbons (Fsp3) is 0.519. The molecule has 0 radical (unpaired) electrons. The molecular weight excluding hydrogens is 414 g/mol. The van der Waals surface area contributed by atoms with Gasteiger partial charge in [0.15, 0.2) is 0 Å². The van der Waals surface area contributed by atoms with Crippen LogP contribution in [0.1, 0.15) is 60.3 Å². The first-order valence-corrected chi connectivity index (χ1v) is 11.7. The highest BCUT2D eigenvalue weighted by atomic mass is 16.5. The van der Waals surface area contributed by atoms with Crippen molar-refractivity contribution in [1.82, 2.24) is 4.90 Å². The Balaban J connectivity index is 1.40. The summed E-state index contributed by atoms with van der Waals surface area (Å²) >= 11 is 0. The van der Waals surface area contributed by atoms with E-state index in [4.69, 9.17) is 9.73 Å². The van der Waals surface area contributed by atoms with Crippen LogP contribution in [0.3, 0.4) is 0 Å². The zero-order chi connectivity index (χ0) is 23.8. The Morgan fingerprint density at radius 3 is 2.91 bits per heavy atom. The predicted octanol–water partition coefficient (Wildman–Crippen LogP) is 4.14. The molecule has 4 unspecified atom stereocenters. The molecule has 0 spiro atoms. The lowest BCUT2D eigenvalue weighted by molar-refractivity contribution is 0.0535. The fourth-order valence-electron chi connectivity index (χ4n) is 5.12. The molecule has 33 heavy (non-hydrogen) atoms. The summed E-state index contributed by atoms with van der Waals surface area (Å²) in [5.41, 5.74) is 5.13. The van der Waals surface area contributed by atoms with Gasteiger partial charge in [0, 0.05) is 47.8 Å². The normalized spacial score (nSPS) is 29.4. The van der Waals surface area contributed by atoms with Crippen molar-refractivity contribution in [2.45, 2.75) is 46.8 Å². The third kappa shape index (κ3) is 4.80. The van der Waals surface area contributed by atoms with Crippen molar-refractivity contribution in [3.8, 4) is 6.07 Å². The molecule has 0 saturated carbocycles. The van der Waals surface area contributed by atoms with E-state index in [1.54, 1.807) is 6.07 Å². The smallest absolute Gasteiger partial charge is 0.338 e. The summed E-state index contributed by atoms with van der Waals surface area (Å²) in [5, 5.41) is 20.2. The molecule has 0 bridgehead atoms. The van der Waals surface area contributed by atoms with E-state index in [-0.39, 0.29) is 23.2 Å². The number of hydrogen-bond donors (Lipinski definition) is 1. The lowest BCUT2D eigenvalue weighted by atomic mass is 9.88. The standard InChI is InChI=1S/C27H33N3O3/c1-17-11-20(12-28)5-8-24(18(17)2)29-15-27(4)9-10-30(16-27)13-25(31)21-6-7-22-23(19(21)3)14-33-26(22)32/h5-8,11,17-18,25,31H,9-10,13-16H2,1-4H3. The molecule has 1 saturated heterocycles. The van der Waals surface area contributed by atoms with Crippen molar-refractivity contribution in [3.63, 3.8) is 0 Å². The number of benzene rings is 1. The summed E-state index contributed by atoms with van der Waals surface area (Å²) in [7, 11) is 0. The van der Waals surface area contributed by atoms with Gasteiger partial charge >= 0.3 is 5.97 Å². The first-order valence-electron chi connectivity index (χ1n) is 11.7. The van der Waals surface area contributed by atoms with E-state index < -0.39 is 6.10 Å². The maximum Gasteiger partial charge on any atom is 0.338 e. The second kappa shape index (κ2) is 9.24. The molecule has 1 fully saturated rings. The van der Waals surface area contributed by atoms with Crippen LogP contribution < -0.4 is 0 Å². The van der Waals surface area contributed by atoms with Crippen molar-refractivity contribution in [2.75, 3.05) is 26.2 Å². The van der Waals surface area contributed by atoms with Crippen LogP contribution in [0.4, 0.5) is 0 Å². The fourth-order valence-corrected chi connectivity index (χ4v) is 5.12. The van der Waals surface area contributed by atoms with Gasteiger partial charge in [0.2, 0.25) is 0 Å². The number of aliphatic hydroxyl groups excluding tert-OH is 1. The minimum absolute atomic E-state index is 0.0501. The molecule has 0 aromatic heterocycles. The number of carbonyl (C=O) groups is 1. The molecule has 4 rings (SSSR count). The average molecular weight is 448 g/mol. The number of fused-ring (bicyclic) bond motifs is 1. The van der Waals surface area contributed by atoms with Crippen molar-refractivity contribution >= 4 is 11.7 Å². The van der Waals surface area contributed by atoms with Crippen molar-refractivity contribution in [3.05, 3.63) is 58.2 Å². The summed E-state index contributed by atoms with van der Waals surface area (Å²) in [6.07, 6.45) is 6.30. The Labute approximate surface area is 196 Å². The Morgan fingerprint density at radius 2 is 2.15 bits per heavy atom. The third-order valence-electron chi connectivity index (χ3n) is 7.54. The molecule has 174 valence electrons. The van der Waals surface area contributed by atoms with Crippen LogP contribution >= 0.6 is 0 Å². The van der Waals surface area contributed by atoms with Gasteiger partial charge in [-0.15, -0.1) is 0 Å². The lowest BCUT2D eigenvalue weighted by Crippen LogP contribution is -2.31. The minimum Gasteiger partial charge on any atom is -0.457 e. The quantitative estimate of drug-likeness (QED) is 0.686. The van der Waals surface area contributed by atoms with Crippen LogP contribution in [0, 0.1) is 35.5 Å². The SMILES string of the molecule is Cc1c(C(O)CN2CCC(C)(CN=C3C=CC(C#N)=CC(C)C3C)C2)ccc2c1COC2=O. The van der Waals surface area contributed by atoms with Crippen LogP contribution in [-0.4, -0.2) is 47.9 Å². The van der Waals surface area contributed by atoms with E-state index in [2.05, 4.69) is 31.7 Å². The molecule has 1 aromatic rings. The maximum atomic E-state index is 11.8. The van der Waals surface area contributed by atoms with Crippen molar-refractivity contribution < 1.29 is 14.6 Å². The summed E-state index contributed by atoms with van der Waals surface area (Å²) in [4.78, 5) is 19.1. The van der Waals surface area contributed by atoms with E-state index in [1.165, 1.54) is 0 Å². The van der Waals surface area contributed by atoms with Gasteiger partial charge in [-0.25, -0.2) is 4.79 Å². The number of cyclic esters (lactones) is 1. The Kier molecular flexibility index (Phi) is 6.56. The summed E-state index contributed by atoms with van der Waals surface area (Å²) in [6, 6.07) is 5.87. The summed E-state index contributed by atoms with van der Waals surface area (Å²) in [6.45, 7) is 11.9. The molecule has 2 aliphatic heterocycles.